The van der Waals surface area contributed by atoms with Gasteiger partial charge in [-0.15, -0.1) is 0 Å². The summed E-state index contributed by atoms with van der Waals surface area (Å²) >= 11 is 2.09. The molecule has 2 N–H and O–H groups in total. The molecule has 0 saturated heterocycles. The van der Waals surface area contributed by atoms with E-state index in [0.29, 0.717) is 5.52 Å². The Bertz CT molecular complexity index is 1100. The van der Waals surface area contributed by atoms with Crippen molar-refractivity contribution < 1.29 is 12.6 Å². The molecule has 23 heavy (non-hydrogen) atoms. The zero-order chi connectivity index (χ0) is 16.6. The first-order chi connectivity index (χ1) is 10.8. The number of nitrogens with one attached hydrogen (secondary N) is 2. The van der Waals surface area contributed by atoms with Gasteiger partial charge in [0.1, 0.15) is 10.6 Å². The molecule has 0 unspecified atom stereocenters. The van der Waals surface area contributed by atoms with Crippen LogP contribution in [0.1, 0.15) is 0 Å². The quantitative estimate of drug-likeness (QED) is 0.363. The van der Waals surface area contributed by atoms with Crippen LogP contribution in [0, 0.1) is 3.57 Å². The number of fused-ring (bicyclic) bond motifs is 1. The van der Waals surface area contributed by atoms with Crippen LogP contribution < -0.4 is 15.3 Å². The van der Waals surface area contributed by atoms with Gasteiger partial charge in [0.15, 0.2) is 0 Å². The third-order valence-corrected chi connectivity index (χ3v) is 4.96. The zero-order valence-corrected chi connectivity index (χ0v) is 14.3. The van der Waals surface area contributed by atoms with Crippen molar-refractivity contribution in [3.05, 3.63) is 66.7 Å². The molecule has 0 saturated carbocycles. The largest absolute Gasteiger partial charge is 0.379 e. The van der Waals surface area contributed by atoms with E-state index in [2.05, 4.69) is 32.6 Å². The molecule has 0 aliphatic rings. The van der Waals surface area contributed by atoms with E-state index in [9.17, 15) is 18.0 Å². The molecule has 7 nitrogen and oxygen atoms in total. The number of H-pyrrole nitrogens is 2. The molecule has 1 heterocycles. The van der Waals surface area contributed by atoms with Crippen LogP contribution >= 0.6 is 22.6 Å². The number of aromatic amines is 2. The van der Waals surface area contributed by atoms with Gasteiger partial charge in [0.2, 0.25) is 0 Å². The monoisotopic (exact) mass is 444 g/mol. The smallest absolute Gasteiger partial charge is 0.339 e. The number of benzene rings is 2. The molecule has 0 atom stereocenters. The van der Waals surface area contributed by atoms with Crippen LogP contribution in [0.4, 0.5) is 0 Å². The Labute approximate surface area is 143 Å². The van der Waals surface area contributed by atoms with Gasteiger partial charge in [-0.2, -0.15) is 8.42 Å². The molecule has 118 valence electrons. The number of rotatable bonds is 3. The molecule has 0 radical (unpaired) electrons. The fourth-order valence-corrected chi connectivity index (χ4v) is 3.23. The molecule has 3 aromatic rings. The van der Waals surface area contributed by atoms with Gasteiger partial charge in [0, 0.05) is 3.57 Å². The van der Waals surface area contributed by atoms with Gasteiger partial charge in [-0.3, -0.25) is 9.59 Å². The summed E-state index contributed by atoms with van der Waals surface area (Å²) in [6.07, 6.45) is 0. The number of aromatic nitrogens is 2. The van der Waals surface area contributed by atoms with E-state index in [4.69, 9.17) is 4.18 Å². The van der Waals surface area contributed by atoms with E-state index in [1.54, 1.807) is 24.3 Å². The van der Waals surface area contributed by atoms with Crippen LogP contribution in [0.25, 0.3) is 11.0 Å². The lowest BCUT2D eigenvalue weighted by molar-refractivity contribution is 0.486. The summed E-state index contributed by atoms with van der Waals surface area (Å²) in [7, 11) is -4.06. The van der Waals surface area contributed by atoms with Gasteiger partial charge >= 0.3 is 21.2 Å². The van der Waals surface area contributed by atoms with Crippen LogP contribution in [0.2, 0.25) is 0 Å². The second-order valence-electron chi connectivity index (χ2n) is 4.61. The van der Waals surface area contributed by atoms with Crippen molar-refractivity contribution in [2.24, 2.45) is 0 Å². The summed E-state index contributed by atoms with van der Waals surface area (Å²) in [6.45, 7) is 0. The molecule has 0 aliphatic heterocycles. The van der Waals surface area contributed by atoms with Crippen molar-refractivity contribution in [3.63, 3.8) is 0 Å². The highest BCUT2D eigenvalue weighted by atomic mass is 127. The minimum Gasteiger partial charge on any atom is -0.379 e. The number of halogens is 1. The second kappa shape index (κ2) is 5.81. The van der Waals surface area contributed by atoms with Gasteiger partial charge in [-0.25, -0.2) is 0 Å². The molecule has 0 spiro atoms. The molecule has 0 aliphatic carbocycles. The minimum atomic E-state index is -4.06. The fraction of sp³-hybridized carbons (Fsp3) is 0. The summed E-state index contributed by atoms with van der Waals surface area (Å²) in [4.78, 5) is 27.1. The first-order valence-electron chi connectivity index (χ1n) is 6.31. The SMILES string of the molecule is O=c1[nH]c2ccc(S(=O)(=O)Oc3ccc(I)cc3)cc2[nH]c1=O. The lowest BCUT2D eigenvalue weighted by atomic mass is 10.3. The Morgan fingerprint density at radius 3 is 2.13 bits per heavy atom. The highest BCUT2D eigenvalue weighted by molar-refractivity contribution is 14.1. The third kappa shape index (κ3) is 3.29. The van der Waals surface area contributed by atoms with Crippen LogP contribution in [0.3, 0.4) is 0 Å². The lowest BCUT2D eigenvalue weighted by Crippen LogP contribution is -2.29. The molecular weight excluding hydrogens is 435 g/mol. The average Bonchev–Trinajstić information content (AvgIpc) is 2.50. The lowest BCUT2D eigenvalue weighted by Gasteiger charge is -2.07. The molecular formula is C14H9IN2O5S. The predicted octanol–water partition coefficient (Wildman–Crippen LogP) is 1.59. The van der Waals surface area contributed by atoms with Crippen molar-refractivity contribution in [2.45, 2.75) is 4.90 Å². The predicted molar refractivity (Wildman–Crippen MR) is 92.2 cm³/mol. The number of hydrogen-bond acceptors (Lipinski definition) is 5. The zero-order valence-electron chi connectivity index (χ0n) is 11.4. The van der Waals surface area contributed by atoms with Crippen molar-refractivity contribution >= 4 is 43.7 Å². The van der Waals surface area contributed by atoms with E-state index in [1.807, 2.05) is 0 Å². The van der Waals surface area contributed by atoms with Crippen molar-refractivity contribution in [1.82, 2.24) is 9.97 Å². The van der Waals surface area contributed by atoms with Gasteiger partial charge in [0.25, 0.3) is 0 Å². The Morgan fingerprint density at radius 1 is 0.870 bits per heavy atom. The maximum Gasteiger partial charge on any atom is 0.339 e. The van der Waals surface area contributed by atoms with Gasteiger partial charge in [-0.1, -0.05) is 0 Å². The second-order valence-corrected chi connectivity index (χ2v) is 7.40. The molecule has 0 bridgehead atoms. The third-order valence-electron chi connectivity index (χ3n) is 3.00. The van der Waals surface area contributed by atoms with E-state index >= 15 is 0 Å². The summed E-state index contributed by atoms with van der Waals surface area (Å²) in [5, 5.41) is 0. The van der Waals surface area contributed by atoms with Crippen LogP contribution in [0.5, 0.6) is 5.75 Å². The van der Waals surface area contributed by atoms with Gasteiger partial charge < -0.3 is 14.2 Å². The first kappa shape index (κ1) is 15.7. The highest BCUT2D eigenvalue weighted by Gasteiger charge is 2.17. The van der Waals surface area contributed by atoms with Crippen LogP contribution in [-0.2, 0) is 10.1 Å². The topological polar surface area (TPSA) is 109 Å². The molecule has 9 heteroatoms. The summed E-state index contributed by atoms with van der Waals surface area (Å²) < 4.78 is 30.6. The molecule has 0 fully saturated rings. The van der Waals surface area contributed by atoms with E-state index in [1.165, 1.54) is 18.2 Å². The minimum absolute atomic E-state index is 0.133. The highest BCUT2D eigenvalue weighted by Crippen LogP contribution is 2.21. The standard InChI is InChI=1S/C14H9IN2O5S/c15-8-1-3-9(4-2-8)22-23(20,21)10-5-6-11-12(7-10)17-14(19)13(18)16-11/h1-7H,(H,16,18)(H,17,19). The maximum absolute atomic E-state index is 12.3. The summed E-state index contributed by atoms with van der Waals surface area (Å²) in [5.74, 6) is 0.181. The Balaban J connectivity index is 2.04. The summed E-state index contributed by atoms with van der Waals surface area (Å²) in [6, 6.07) is 10.4. The molecule has 0 amide bonds. The fourth-order valence-electron chi connectivity index (χ4n) is 1.91. The Kier molecular flexibility index (Phi) is 3.98. The maximum atomic E-state index is 12.3. The number of hydrogen-bond donors (Lipinski definition) is 2. The molecule has 1 aromatic heterocycles. The molecule has 3 rings (SSSR count). The molecule has 2 aromatic carbocycles. The van der Waals surface area contributed by atoms with Crippen LogP contribution in [-0.4, -0.2) is 18.4 Å². The Hall–Kier alpha value is -2.14. The first-order valence-corrected chi connectivity index (χ1v) is 8.80. The van der Waals surface area contributed by atoms with Crippen LogP contribution in [0.15, 0.2) is 56.9 Å². The van der Waals surface area contributed by atoms with Crippen molar-refractivity contribution in [2.75, 3.05) is 0 Å². The van der Waals surface area contributed by atoms with Gasteiger partial charge in [0.05, 0.1) is 11.0 Å². The van der Waals surface area contributed by atoms with E-state index in [-0.39, 0.29) is 16.2 Å². The normalized spacial score (nSPS) is 11.5. The van der Waals surface area contributed by atoms with Crippen molar-refractivity contribution in [1.29, 1.82) is 0 Å². The average molecular weight is 444 g/mol. The van der Waals surface area contributed by atoms with E-state index < -0.39 is 21.2 Å². The Morgan fingerprint density at radius 2 is 1.48 bits per heavy atom. The van der Waals surface area contributed by atoms with Crippen molar-refractivity contribution in [3.8, 4) is 5.75 Å². The van der Waals surface area contributed by atoms with Gasteiger partial charge in [-0.05, 0) is 65.1 Å². The summed E-state index contributed by atoms with van der Waals surface area (Å²) in [5.41, 5.74) is -1.14. The van der Waals surface area contributed by atoms with E-state index in [0.717, 1.165) is 3.57 Å².